The van der Waals surface area contributed by atoms with Crippen molar-refractivity contribution in [3.8, 4) is 0 Å². The third kappa shape index (κ3) is 3.64. The molecule has 0 amide bonds. The predicted molar refractivity (Wildman–Crippen MR) is 62.8 cm³/mol. The standard InChI is InChI=1S/C11H22N4/c1-5-12-6-9(2)13-7-11-8-14-15(4)10(11)3/h8-9,12-13H,5-7H2,1-4H3. The molecule has 0 radical (unpaired) electrons. The molecule has 1 heterocycles. The van der Waals surface area contributed by atoms with E-state index in [4.69, 9.17) is 0 Å². The monoisotopic (exact) mass is 210 g/mol. The highest BCUT2D eigenvalue weighted by Gasteiger charge is 2.05. The van der Waals surface area contributed by atoms with Gasteiger partial charge in [-0.05, 0) is 20.4 Å². The SMILES string of the molecule is CCNCC(C)NCc1cnn(C)c1C. The summed E-state index contributed by atoms with van der Waals surface area (Å²) in [6.07, 6.45) is 1.93. The first-order valence-corrected chi connectivity index (χ1v) is 5.56. The average molecular weight is 210 g/mol. The van der Waals surface area contributed by atoms with E-state index in [2.05, 4.69) is 36.5 Å². The highest BCUT2D eigenvalue weighted by atomic mass is 15.3. The molecule has 15 heavy (non-hydrogen) atoms. The summed E-state index contributed by atoms with van der Waals surface area (Å²) in [5.74, 6) is 0. The molecular formula is C11H22N4. The Morgan fingerprint density at radius 1 is 1.53 bits per heavy atom. The van der Waals surface area contributed by atoms with Crippen molar-refractivity contribution in [2.45, 2.75) is 33.4 Å². The molecule has 0 aliphatic rings. The summed E-state index contributed by atoms with van der Waals surface area (Å²) in [5.41, 5.74) is 2.51. The number of nitrogens with one attached hydrogen (secondary N) is 2. The molecule has 0 aliphatic heterocycles. The summed E-state index contributed by atoms with van der Waals surface area (Å²) in [4.78, 5) is 0. The van der Waals surface area contributed by atoms with Crippen LogP contribution < -0.4 is 10.6 Å². The van der Waals surface area contributed by atoms with Crippen LogP contribution in [0.1, 0.15) is 25.1 Å². The van der Waals surface area contributed by atoms with Gasteiger partial charge >= 0.3 is 0 Å². The van der Waals surface area contributed by atoms with E-state index in [1.165, 1.54) is 11.3 Å². The lowest BCUT2D eigenvalue weighted by molar-refractivity contribution is 0.508. The Labute approximate surface area is 92.1 Å². The van der Waals surface area contributed by atoms with Crippen LogP contribution in [0.5, 0.6) is 0 Å². The lowest BCUT2D eigenvalue weighted by Crippen LogP contribution is -2.35. The second kappa shape index (κ2) is 5.88. The Morgan fingerprint density at radius 3 is 2.80 bits per heavy atom. The molecule has 2 N–H and O–H groups in total. The van der Waals surface area contributed by atoms with Gasteiger partial charge in [-0.2, -0.15) is 5.10 Å². The zero-order valence-corrected chi connectivity index (χ0v) is 10.2. The summed E-state index contributed by atoms with van der Waals surface area (Å²) in [6, 6.07) is 0.490. The fourth-order valence-corrected chi connectivity index (χ4v) is 1.43. The van der Waals surface area contributed by atoms with E-state index in [0.29, 0.717) is 6.04 Å². The van der Waals surface area contributed by atoms with Crippen LogP contribution in [0.4, 0.5) is 0 Å². The van der Waals surface area contributed by atoms with Crippen molar-refractivity contribution in [1.82, 2.24) is 20.4 Å². The Kier molecular flexibility index (Phi) is 4.78. The van der Waals surface area contributed by atoms with E-state index in [9.17, 15) is 0 Å². The molecule has 1 atom stereocenters. The molecule has 4 nitrogen and oxygen atoms in total. The molecule has 1 rings (SSSR count). The lowest BCUT2D eigenvalue weighted by atomic mass is 10.2. The molecule has 1 unspecified atom stereocenters. The van der Waals surface area contributed by atoms with Crippen LogP contribution in [-0.2, 0) is 13.6 Å². The van der Waals surface area contributed by atoms with Crippen molar-refractivity contribution < 1.29 is 0 Å². The van der Waals surface area contributed by atoms with Crippen molar-refractivity contribution in [3.63, 3.8) is 0 Å². The molecule has 86 valence electrons. The Morgan fingerprint density at radius 2 is 2.27 bits per heavy atom. The Bertz CT molecular complexity index is 293. The highest BCUT2D eigenvalue weighted by molar-refractivity contribution is 5.15. The van der Waals surface area contributed by atoms with Gasteiger partial charge in [0.25, 0.3) is 0 Å². The number of aryl methyl sites for hydroxylation is 1. The van der Waals surface area contributed by atoms with Crippen LogP contribution in [0, 0.1) is 6.92 Å². The van der Waals surface area contributed by atoms with Gasteiger partial charge in [-0.15, -0.1) is 0 Å². The number of nitrogens with zero attached hydrogens (tertiary/aromatic N) is 2. The number of hydrogen-bond acceptors (Lipinski definition) is 3. The molecule has 0 aromatic carbocycles. The van der Waals surface area contributed by atoms with E-state index >= 15 is 0 Å². The molecule has 0 aliphatic carbocycles. The maximum Gasteiger partial charge on any atom is 0.0537 e. The summed E-state index contributed by atoms with van der Waals surface area (Å²) in [5, 5.41) is 11.0. The first-order valence-electron chi connectivity index (χ1n) is 5.56. The quantitative estimate of drug-likeness (QED) is 0.730. The highest BCUT2D eigenvalue weighted by Crippen LogP contribution is 2.04. The number of hydrogen-bond donors (Lipinski definition) is 2. The summed E-state index contributed by atoms with van der Waals surface area (Å²) >= 11 is 0. The molecule has 0 saturated carbocycles. The van der Waals surface area contributed by atoms with Gasteiger partial charge in [0.05, 0.1) is 6.20 Å². The Hall–Kier alpha value is -0.870. The molecule has 0 bridgehead atoms. The maximum atomic E-state index is 4.22. The van der Waals surface area contributed by atoms with Crippen LogP contribution in [0.25, 0.3) is 0 Å². The summed E-state index contributed by atoms with van der Waals surface area (Å²) in [6.45, 7) is 9.34. The van der Waals surface area contributed by atoms with Crippen LogP contribution in [0.3, 0.4) is 0 Å². The van der Waals surface area contributed by atoms with E-state index in [1.807, 2.05) is 17.9 Å². The molecule has 0 saturated heterocycles. The van der Waals surface area contributed by atoms with Crippen molar-refractivity contribution in [2.75, 3.05) is 13.1 Å². The van der Waals surface area contributed by atoms with Gasteiger partial charge in [-0.3, -0.25) is 4.68 Å². The topological polar surface area (TPSA) is 41.9 Å². The summed E-state index contributed by atoms with van der Waals surface area (Å²) in [7, 11) is 1.97. The van der Waals surface area contributed by atoms with Crippen LogP contribution in [0.2, 0.25) is 0 Å². The zero-order chi connectivity index (χ0) is 11.3. The second-order valence-corrected chi connectivity index (χ2v) is 3.97. The van der Waals surface area contributed by atoms with E-state index in [-0.39, 0.29) is 0 Å². The fourth-order valence-electron chi connectivity index (χ4n) is 1.43. The third-order valence-corrected chi connectivity index (χ3v) is 2.68. The molecular weight excluding hydrogens is 188 g/mol. The van der Waals surface area contributed by atoms with Gasteiger partial charge in [-0.25, -0.2) is 0 Å². The zero-order valence-electron chi connectivity index (χ0n) is 10.2. The molecule has 1 aromatic heterocycles. The molecule has 0 fully saturated rings. The van der Waals surface area contributed by atoms with Gasteiger partial charge in [0.15, 0.2) is 0 Å². The second-order valence-electron chi connectivity index (χ2n) is 3.97. The minimum absolute atomic E-state index is 0.490. The predicted octanol–water partition coefficient (Wildman–Crippen LogP) is 0.816. The molecule has 0 spiro atoms. The Balaban J connectivity index is 2.33. The smallest absolute Gasteiger partial charge is 0.0537 e. The van der Waals surface area contributed by atoms with Gasteiger partial charge in [0.1, 0.15) is 0 Å². The lowest BCUT2D eigenvalue weighted by Gasteiger charge is -2.13. The van der Waals surface area contributed by atoms with Crippen LogP contribution in [-0.4, -0.2) is 28.9 Å². The van der Waals surface area contributed by atoms with E-state index in [0.717, 1.165) is 19.6 Å². The largest absolute Gasteiger partial charge is 0.315 e. The molecule has 4 heteroatoms. The third-order valence-electron chi connectivity index (χ3n) is 2.68. The van der Waals surface area contributed by atoms with Crippen molar-refractivity contribution in [1.29, 1.82) is 0 Å². The first-order chi connectivity index (χ1) is 7.15. The normalized spacial score (nSPS) is 13.1. The number of rotatable bonds is 6. The van der Waals surface area contributed by atoms with E-state index in [1.54, 1.807) is 0 Å². The van der Waals surface area contributed by atoms with Gasteiger partial charge in [0.2, 0.25) is 0 Å². The number of likely N-dealkylation sites (N-methyl/N-ethyl adjacent to an activating group) is 1. The first kappa shape index (κ1) is 12.2. The minimum atomic E-state index is 0.490. The van der Waals surface area contributed by atoms with Crippen molar-refractivity contribution in [2.24, 2.45) is 7.05 Å². The van der Waals surface area contributed by atoms with Crippen molar-refractivity contribution >= 4 is 0 Å². The van der Waals surface area contributed by atoms with Crippen molar-refractivity contribution in [3.05, 3.63) is 17.5 Å². The maximum absolute atomic E-state index is 4.22. The fraction of sp³-hybridized carbons (Fsp3) is 0.727. The van der Waals surface area contributed by atoms with E-state index < -0.39 is 0 Å². The summed E-state index contributed by atoms with van der Waals surface area (Å²) < 4.78 is 1.91. The van der Waals surface area contributed by atoms with Crippen LogP contribution >= 0.6 is 0 Å². The van der Waals surface area contributed by atoms with Gasteiger partial charge in [0, 0.05) is 37.4 Å². The van der Waals surface area contributed by atoms with Gasteiger partial charge in [-0.1, -0.05) is 6.92 Å². The van der Waals surface area contributed by atoms with Gasteiger partial charge < -0.3 is 10.6 Å². The minimum Gasteiger partial charge on any atom is -0.315 e. The van der Waals surface area contributed by atoms with Crippen LogP contribution in [0.15, 0.2) is 6.20 Å². The number of aromatic nitrogens is 2. The molecule has 1 aromatic rings. The average Bonchev–Trinajstić information content (AvgIpc) is 2.54.